The first-order chi connectivity index (χ1) is 9.60. The normalized spacial score (nSPS) is 12.6. The van der Waals surface area contributed by atoms with Crippen molar-refractivity contribution < 1.29 is 19.1 Å². The van der Waals surface area contributed by atoms with E-state index in [-0.39, 0.29) is 19.1 Å². The summed E-state index contributed by atoms with van der Waals surface area (Å²) in [7, 11) is 0. The Morgan fingerprint density at radius 3 is 3.00 bits per heavy atom. The number of hydrogen-bond acceptors (Lipinski definition) is 4. The lowest BCUT2D eigenvalue weighted by molar-refractivity contribution is 0.0418. The summed E-state index contributed by atoms with van der Waals surface area (Å²) in [6.45, 7) is 4.65. The summed E-state index contributed by atoms with van der Waals surface area (Å²) in [4.78, 5) is 12.0. The number of carbonyl (C=O) groups excluding carboxylic acids is 1. The minimum atomic E-state index is -0.696. The molecule has 2 aromatic rings. The van der Waals surface area contributed by atoms with E-state index in [1.165, 1.54) is 0 Å². The lowest BCUT2D eigenvalue weighted by Gasteiger charge is -2.11. The van der Waals surface area contributed by atoms with Gasteiger partial charge in [0.05, 0.1) is 12.7 Å². The number of aliphatic hydroxyl groups excluding tert-OH is 1. The SMILES string of the molecule is CCOC[C@@H](O)CNC(=O)c1ccc2oc(C)cc2c1. The Morgan fingerprint density at radius 1 is 1.45 bits per heavy atom. The van der Waals surface area contributed by atoms with Gasteiger partial charge in [0.1, 0.15) is 11.3 Å². The molecule has 1 atom stereocenters. The molecule has 0 saturated heterocycles. The van der Waals surface area contributed by atoms with Crippen molar-refractivity contribution in [2.75, 3.05) is 19.8 Å². The molecular weight excluding hydrogens is 258 g/mol. The van der Waals surface area contributed by atoms with Gasteiger partial charge in [0.25, 0.3) is 5.91 Å². The molecule has 5 heteroatoms. The minimum Gasteiger partial charge on any atom is -0.461 e. The van der Waals surface area contributed by atoms with Crippen LogP contribution in [-0.4, -0.2) is 36.9 Å². The van der Waals surface area contributed by atoms with E-state index in [4.69, 9.17) is 9.15 Å². The van der Waals surface area contributed by atoms with Crippen molar-refractivity contribution in [1.29, 1.82) is 0 Å². The van der Waals surface area contributed by atoms with Crippen molar-refractivity contribution in [3.05, 3.63) is 35.6 Å². The molecule has 20 heavy (non-hydrogen) atoms. The molecule has 0 fully saturated rings. The van der Waals surface area contributed by atoms with E-state index in [1.54, 1.807) is 18.2 Å². The number of rotatable bonds is 6. The Balaban J connectivity index is 1.96. The number of hydrogen-bond donors (Lipinski definition) is 2. The fourth-order valence-electron chi connectivity index (χ4n) is 1.94. The van der Waals surface area contributed by atoms with Gasteiger partial charge in [-0.1, -0.05) is 0 Å². The summed E-state index contributed by atoms with van der Waals surface area (Å²) in [5.41, 5.74) is 1.30. The molecule has 0 aliphatic rings. The van der Waals surface area contributed by atoms with E-state index in [0.717, 1.165) is 16.7 Å². The van der Waals surface area contributed by atoms with Gasteiger partial charge in [-0.2, -0.15) is 0 Å². The second kappa shape index (κ2) is 6.54. The Bertz CT molecular complexity index is 591. The molecule has 0 bridgehead atoms. The molecule has 1 heterocycles. The molecular formula is C15H19NO4. The molecule has 0 aliphatic heterocycles. The smallest absolute Gasteiger partial charge is 0.251 e. The van der Waals surface area contributed by atoms with Crippen molar-refractivity contribution in [3.63, 3.8) is 0 Å². The fraction of sp³-hybridized carbons (Fsp3) is 0.400. The Hall–Kier alpha value is -1.85. The Labute approximate surface area is 117 Å². The number of fused-ring (bicyclic) bond motifs is 1. The zero-order valence-corrected chi connectivity index (χ0v) is 11.7. The molecule has 108 valence electrons. The summed E-state index contributed by atoms with van der Waals surface area (Å²) in [6.07, 6.45) is -0.696. The van der Waals surface area contributed by atoms with Crippen molar-refractivity contribution in [3.8, 4) is 0 Å². The molecule has 5 nitrogen and oxygen atoms in total. The van der Waals surface area contributed by atoms with Crippen LogP contribution in [0.4, 0.5) is 0 Å². The van der Waals surface area contributed by atoms with E-state index in [9.17, 15) is 9.90 Å². The average molecular weight is 277 g/mol. The summed E-state index contributed by atoms with van der Waals surface area (Å²) < 4.78 is 10.5. The van der Waals surface area contributed by atoms with E-state index in [1.807, 2.05) is 19.9 Å². The van der Waals surface area contributed by atoms with Crippen LogP contribution in [0.5, 0.6) is 0 Å². The number of carbonyl (C=O) groups is 1. The van der Waals surface area contributed by atoms with Crippen LogP contribution in [-0.2, 0) is 4.74 Å². The molecule has 0 saturated carbocycles. The van der Waals surface area contributed by atoms with Gasteiger partial charge in [0, 0.05) is 24.1 Å². The molecule has 1 amide bonds. The largest absolute Gasteiger partial charge is 0.461 e. The third-order valence-corrected chi connectivity index (χ3v) is 2.91. The minimum absolute atomic E-state index is 0.168. The second-order valence-electron chi connectivity index (χ2n) is 4.63. The van der Waals surface area contributed by atoms with Gasteiger partial charge < -0.3 is 19.6 Å². The van der Waals surface area contributed by atoms with Gasteiger partial charge in [0.2, 0.25) is 0 Å². The molecule has 0 radical (unpaired) electrons. The number of ether oxygens (including phenoxy) is 1. The Morgan fingerprint density at radius 2 is 2.25 bits per heavy atom. The van der Waals surface area contributed by atoms with Crippen LogP contribution >= 0.6 is 0 Å². The van der Waals surface area contributed by atoms with Crippen molar-refractivity contribution in [2.24, 2.45) is 0 Å². The first-order valence-corrected chi connectivity index (χ1v) is 6.64. The molecule has 0 unspecified atom stereocenters. The predicted octanol–water partition coefficient (Wildman–Crippen LogP) is 1.87. The van der Waals surface area contributed by atoms with Crippen LogP contribution in [0.25, 0.3) is 11.0 Å². The van der Waals surface area contributed by atoms with Gasteiger partial charge in [-0.15, -0.1) is 0 Å². The van der Waals surface area contributed by atoms with Gasteiger partial charge in [0.15, 0.2) is 0 Å². The molecule has 0 aliphatic carbocycles. The predicted molar refractivity (Wildman–Crippen MR) is 75.8 cm³/mol. The molecule has 2 rings (SSSR count). The fourth-order valence-corrected chi connectivity index (χ4v) is 1.94. The maximum Gasteiger partial charge on any atom is 0.251 e. The van der Waals surface area contributed by atoms with Gasteiger partial charge >= 0.3 is 0 Å². The second-order valence-corrected chi connectivity index (χ2v) is 4.63. The van der Waals surface area contributed by atoms with E-state index in [0.29, 0.717) is 12.2 Å². The summed E-state index contributed by atoms with van der Waals surface area (Å²) in [6, 6.07) is 7.13. The van der Waals surface area contributed by atoms with E-state index >= 15 is 0 Å². The van der Waals surface area contributed by atoms with Crippen molar-refractivity contribution in [1.82, 2.24) is 5.32 Å². The first kappa shape index (κ1) is 14.6. The third kappa shape index (κ3) is 3.59. The van der Waals surface area contributed by atoms with Crippen LogP contribution in [0.3, 0.4) is 0 Å². The highest BCUT2D eigenvalue weighted by Gasteiger charge is 2.10. The number of benzene rings is 1. The number of nitrogens with one attached hydrogen (secondary N) is 1. The number of amides is 1. The molecule has 2 N–H and O–H groups in total. The highest BCUT2D eigenvalue weighted by atomic mass is 16.5. The number of aryl methyl sites for hydroxylation is 1. The zero-order chi connectivity index (χ0) is 14.5. The zero-order valence-electron chi connectivity index (χ0n) is 11.7. The monoisotopic (exact) mass is 277 g/mol. The van der Waals surface area contributed by atoms with E-state index < -0.39 is 6.10 Å². The molecule has 0 spiro atoms. The van der Waals surface area contributed by atoms with Gasteiger partial charge in [-0.3, -0.25) is 4.79 Å². The van der Waals surface area contributed by atoms with Crippen molar-refractivity contribution >= 4 is 16.9 Å². The first-order valence-electron chi connectivity index (χ1n) is 6.64. The van der Waals surface area contributed by atoms with Crippen molar-refractivity contribution in [2.45, 2.75) is 20.0 Å². The molecule has 1 aromatic heterocycles. The maximum absolute atomic E-state index is 12.0. The average Bonchev–Trinajstić information content (AvgIpc) is 2.81. The van der Waals surface area contributed by atoms with Gasteiger partial charge in [-0.25, -0.2) is 0 Å². The number of furan rings is 1. The lowest BCUT2D eigenvalue weighted by atomic mass is 10.1. The van der Waals surface area contributed by atoms with Crippen LogP contribution in [0.2, 0.25) is 0 Å². The van der Waals surface area contributed by atoms with Crippen LogP contribution in [0.15, 0.2) is 28.7 Å². The van der Waals surface area contributed by atoms with Gasteiger partial charge in [-0.05, 0) is 38.1 Å². The Kier molecular flexibility index (Phi) is 4.76. The van der Waals surface area contributed by atoms with Crippen LogP contribution < -0.4 is 5.32 Å². The maximum atomic E-state index is 12.0. The summed E-state index contributed by atoms with van der Waals surface area (Å²) in [5, 5.41) is 13.2. The van der Waals surface area contributed by atoms with Crippen LogP contribution in [0.1, 0.15) is 23.0 Å². The highest BCUT2D eigenvalue weighted by Crippen LogP contribution is 2.20. The topological polar surface area (TPSA) is 71.7 Å². The quantitative estimate of drug-likeness (QED) is 0.845. The standard InChI is InChI=1S/C15H19NO4/c1-3-19-9-13(17)8-16-15(18)11-4-5-14-12(7-11)6-10(2)20-14/h4-7,13,17H,3,8-9H2,1-2H3,(H,16,18)/t13-/m0/s1. The highest BCUT2D eigenvalue weighted by molar-refractivity contribution is 5.97. The number of aliphatic hydroxyl groups is 1. The van der Waals surface area contributed by atoms with Crippen LogP contribution in [0, 0.1) is 6.92 Å². The van der Waals surface area contributed by atoms with E-state index in [2.05, 4.69) is 5.32 Å². The lowest BCUT2D eigenvalue weighted by Crippen LogP contribution is -2.34. The summed E-state index contributed by atoms with van der Waals surface area (Å²) in [5.74, 6) is 0.589. The summed E-state index contributed by atoms with van der Waals surface area (Å²) >= 11 is 0. The third-order valence-electron chi connectivity index (χ3n) is 2.91. The molecule has 1 aromatic carbocycles.